The van der Waals surface area contributed by atoms with Gasteiger partial charge in [0.25, 0.3) is 0 Å². The minimum absolute atomic E-state index is 0.245. The van der Waals surface area contributed by atoms with Gasteiger partial charge in [0.05, 0.1) is 12.5 Å². The molecular weight excluding hydrogens is 284 g/mol. The van der Waals surface area contributed by atoms with Crippen LogP contribution in [-0.4, -0.2) is 31.3 Å². The fraction of sp³-hybridized carbons (Fsp3) is 0.429. The Morgan fingerprint density at radius 2 is 2.20 bits per heavy atom. The molecule has 0 saturated carbocycles. The number of carbonyl (C=O) groups excluding carboxylic acids is 2. The Kier molecular flexibility index (Phi) is 3.53. The first kappa shape index (κ1) is 13.2. The van der Waals surface area contributed by atoms with Crippen LogP contribution in [0, 0.1) is 5.92 Å². The molecule has 6 heteroatoms. The van der Waals surface area contributed by atoms with Crippen molar-refractivity contribution in [3.05, 3.63) is 28.8 Å². The maximum absolute atomic E-state index is 12.1. The van der Waals surface area contributed by atoms with E-state index >= 15 is 0 Å². The van der Waals surface area contributed by atoms with Gasteiger partial charge in [0.15, 0.2) is 0 Å². The van der Waals surface area contributed by atoms with Crippen LogP contribution in [0.15, 0.2) is 18.2 Å². The lowest BCUT2D eigenvalue weighted by Gasteiger charge is -2.24. The Hall–Kier alpha value is -1.75. The van der Waals surface area contributed by atoms with E-state index < -0.39 is 24.0 Å². The molecule has 2 aliphatic heterocycles. The topological polar surface area (TPSA) is 61.8 Å². The predicted octanol–water partition coefficient (Wildman–Crippen LogP) is 1.75. The van der Waals surface area contributed by atoms with Crippen molar-refractivity contribution in [2.75, 3.05) is 13.2 Å². The van der Waals surface area contributed by atoms with Crippen molar-refractivity contribution >= 4 is 23.5 Å². The fourth-order valence-corrected chi connectivity index (χ4v) is 2.53. The second-order valence-corrected chi connectivity index (χ2v) is 5.28. The molecule has 0 spiro atoms. The minimum atomic E-state index is -0.775. The summed E-state index contributed by atoms with van der Waals surface area (Å²) in [5.74, 6) is -0.592. The van der Waals surface area contributed by atoms with E-state index in [0.29, 0.717) is 24.5 Å². The molecule has 0 radical (unpaired) electrons. The molecule has 20 heavy (non-hydrogen) atoms. The van der Waals surface area contributed by atoms with Crippen molar-refractivity contribution in [3.63, 3.8) is 0 Å². The van der Waals surface area contributed by atoms with Gasteiger partial charge in [-0.3, -0.25) is 4.79 Å². The highest BCUT2D eigenvalue weighted by molar-refractivity contribution is 6.30. The molecule has 0 aromatic heterocycles. The van der Waals surface area contributed by atoms with Crippen molar-refractivity contribution in [2.45, 2.75) is 18.9 Å². The van der Waals surface area contributed by atoms with Crippen LogP contribution in [0.3, 0.4) is 0 Å². The van der Waals surface area contributed by atoms with Crippen molar-refractivity contribution in [1.82, 2.24) is 0 Å². The first-order valence-corrected chi connectivity index (χ1v) is 6.79. The van der Waals surface area contributed by atoms with Gasteiger partial charge in [-0.1, -0.05) is 11.6 Å². The summed E-state index contributed by atoms with van der Waals surface area (Å²) in [6.07, 6.45) is 0.139. The fourth-order valence-electron chi connectivity index (χ4n) is 2.34. The molecule has 0 N–H and O–H groups in total. The van der Waals surface area contributed by atoms with E-state index in [2.05, 4.69) is 0 Å². The Balaban J connectivity index is 1.67. The van der Waals surface area contributed by atoms with Gasteiger partial charge in [0.2, 0.25) is 6.10 Å². The monoisotopic (exact) mass is 296 g/mol. The summed E-state index contributed by atoms with van der Waals surface area (Å²) in [5.41, 5.74) is 0.875. The van der Waals surface area contributed by atoms with E-state index in [-0.39, 0.29) is 6.61 Å². The molecule has 1 aromatic carbocycles. The highest BCUT2D eigenvalue weighted by Crippen LogP contribution is 2.30. The first-order chi connectivity index (χ1) is 9.63. The Morgan fingerprint density at radius 1 is 1.35 bits per heavy atom. The summed E-state index contributed by atoms with van der Waals surface area (Å²) in [7, 11) is 0. The van der Waals surface area contributed by atoms with Crippen LogP contribution in [0.1, 0.15) is 12.0 Å². The van der Waals surface area contributed by atoms with Gasteiger partial charge in [0.1, 0.15) is 12.4 Å². The van der Waals surface area contributed by atoms with Crippen LogP contribution in [0.2, 0.25) is 5.02 Å². The van der Waals surface area contributed by atoms with E-state index in [0.717, 1.165) is 11.3 Å². The molecule has 0 amide bonds. The smallest absolute Gasteiger partial charge is 0.347 e. The summed E-state index contributed by atoms with van der Waals surface area (Å²) < 4.78 is 15.5. The second-order valence-electron chi connectivity index (χ2n) is 4.85. The molecule has 2 heterocycles. The molecule has 0 bridgehead atoms. The highest BCUT2D eigenvalue weighted by Gasteiger charge is 2.34. The van der Waals surface area contributed by atoms with E-state index in [1.165, 1.54) is 0 Å². The summed E-state index contributed by atoms with van der Waals surface area (Å²) in [5, 5.41) is 0.598. The third-order valence-corrected chi connectivity index (χ3v) is 3.64. The summed E-state index contributed by atoms with van der Waals surface area (Å²) in [4.78, 5) is 23.3. The quantitative estimate of drug-likeness (QED) is 0.778. The molecule has 1 aromatic rings. The number of carbonyl (C=O) groups is 2. The summed E-state index contributed by atoms with van der Waals surface area (Å²) >= 11 is 5.93. The van der Waals surface area contributed by atoms with Crippen LogP contribution in [0.25, 0.3) is 0 Å². The number of fused-ring (bicyclic) bond motifs is 1. The van der Waals surface area contributed by atoms with E-state index in [1.807, 2.05) is 0 Å². The Labute approximate surface area is 120 Å². The van der Waals surface area contributed by atoms with Gasteiger partial charge in [-0.25, -0.2) is 4.79 Å². The Bertz CT molecular complexity index is 556. The van der Waals surface area contributed by atoms with E-state index in [1.54, 1.807) is 18.2 Å². The number of hydrogen-bond acceptors (Lipinski definition) is 5. The molecule has 3 rings (SSSR count). The maximum atomic E-state index is 12.1. The Morgan fingerprint density at radius 3 is 2.95 bits per heavy atom. The minimum Gasteiger partial charge on any atom is -0.492 e. The van der Waals surface area contributed by atoms with E-state index in [4.69, 9.17) is 25.8 Å². The number of benzene rings is 1. The van der Waals surface area contributed by atoms with Crippen molar-refractivity contribution in [1.29, 1.82) is 0 Å². The zero-order valence-electron chi connectivity index (χ0n) is 10.6. The van der Waals surface area contributed by atoms with Gasteiger partial charge in [0, 0.05) is 11.4 Å². The average Bonchev–Trinajstić information content (AvgIpc) is 2.83. The van der Waals surface area contributed by atoms with Crippen LogP contribution in [0.4, 0.5) is 0 Å². The van der Waals surface area contributed by atoms with Crippen molar-refractivity contribution in [3.8, 4) is 5.75 Å². The standard InChI is InChI=1S/C14H13ClO5/c15-10-1-2-11-8(6-10)5-9(7-19-11)13(16)20-12-3-4-18-14(12)17/h1-2,6,9,12H,3-5,7H2/t9-,12+/m1/s1. The molecule has 5 nitrogen and oxygen atoms in total. The van der Waals surface area contributed by atoms with Gasteiger partial charge >= 0.3 is 11.9 Å². The van der Waals surface area contributed by atoms with Gasteiger partial charge in [-0.2, -0.15) is 0 Å². The zero-order chi connectivity index (χ0) is 14.1. The van der Waals surface area contributed by atoms with Crippen LogP contribution in [0.5, 0.6) is 5.75 Å². The van der Waals surface area contributed by atoms with Crippen LogP contribution in [-0.2, 0) is 25.5 Å². The molecule has 0 aliphatic carbocycles. The summed E-state index contributed by atoms with van der Waals surface area (Å²) in [6, 6.07) is 5.31. The molecule has 1 fully saturated rings. The van der Waals surface area contributed by atoms with Crippen molar-refractivity contribution < 1.29 is 23.8 Å². The normalized spacial score (nSPS) is 24.6. The largest absolute Gasteiger partial charge is 0.492 e. The second kappa shape index (κ2) is 5.32. The van der Waals surface area contributed by atoms with Crippen LogP contribution < -0.4 is 4.74 Å². The highest BCUT2D eigenvalue weighted by atomic mass is 35.5. The SMILES string of the molecule is O=C(O[C@H]1CCOC1=O)[C@H]1COc2ccc(Cl)cc2C1. The molecule has 1 saturated heterocycles. The van der Waals surface area contributed by atoms with Gasteiger partial charge < -0.3 is 14.2 Å². The van der Waals surface area contributed by atoms with Crippen molar-refractivity contribution in [2.24, 2.45) is 5.92 Å². The number of rotatable bonds is 2. The summed E-state index contributed by atoms with van der Waals surface area (Å²) in [6.45, 7) is 0.547. The molecule has 2 aliphatic rings. The third-order valence-electron chi connectivity index (χ3n) is 3.41. The molecule has 2 atom stereocenters. The third kappa shape index (κ3) is 2.58. The number of esters is 2. The maximum Gasteiger partial charge on any atom is 0.347 e. The number of halogens is 1. The van der Waals surface area contributed by atoms with Crippen LogP contribution >= 0.6 is 11.6 Å². The number of cyclic esters (lactones) is 1. The first-order valence-electron chi connectivity index (χ1n) is 6.42. The average molecular weight is 297 g/mol. The lowest BCUT2D eigenvalue weighted by molar-refractivity contribution is -0.164. The lowest BCUT2D eigenvalue weighted by atomic mass is 9.97. The zero-order valence-corrected chi connectivity index (χ0v) is 11.4. The number of ether oxygens (including phenoxy) is 3. The predicted molar refractivity (Wildman–Crippen MR) is 69.6 cm³/mol. The van der Waals surface area contributed by atoms with Gasteiger partial charge in [-0.15, -0.1) is 0 Å². The number of hydrogen-bond donors (Lipinski definition) is 0. The lowest BCUT2D eigenvalue weighted by Crippen LogP contribution is -2.33. The van der Waals surface area contributed by atoms with Gasteiger partial charge in [-0.05, 0) is 30.2 Å². The molecule has 0 unspecified atom stereocenters. The molecular formula is C14H13ClO5. The van der Waals surface area contributed by atoms with E-state index in [9.17, 15) is 9.59 Å². The molecule has 106 valence electrons.